The number of ether oxygens (including phenoxy) is 1. The van der Waals surface area contributed by atoms with Crippen LogP contribution >= 0.6 is 11.8 Å². The number of rotatable bonds is 6. The molecule has 1 saturated carbocycles. The lowest BCUT2D eigenvalue weighted by Crippen LogP contribution is -2.41. The number of carboxylic acid groups (broad SMARTS) is 1. The quantitative estimate of drug-likeness (QED) is 0.557. The number of anilines is 1. The molecule has 1 aromatic carbocycles. The summed E-state index contributed by atoms with van der Waals surface area (Å²) in [5.41, 5.74) is 9.10. The van der Waals surface area contributed by atoms with E-state index in [1.54, 1.807) is 32.5 Å². The van der Waals surface area contributed by atoms with Crippen molar-refractivity contribution in [2.24, 2.45) is 10.9 Å². The molecule has 1 aromatic heterocycles. The Bertz CT molecular complexity index is 1100. The average Bonchev–Trinajstić information content (AvgIpc) is 2.77. The summed E-state index contributed by atoms with van der Waals surface area (Å²) in [4.78, 5) is 24.8. The summed E-state index contributed by atoms with van der Waals surface area (Å²) < 4.78 is 5.45. The maximum Gasteiger partial charge on any atom is 0.319 e. The molecule has 2 aromatic rings. The molecule has 7 nitrogen and oxygen atoms in total. The number of carbonyl (C=O) groups is 1. The number of aryl methyl sites for hydroxylation is 1. The molecular formula is C26H34N4O3S. The Morgan fingerprint density at radius 2 is 1.82 bits per heavy atom. The van der Waals surface area contributed by atoms with Gasteiger partial charge in [-0.25, -0.2) is 9.98 Å². The molecule has 0 spiro atoms. The zero-order valence-electron chi connectivity index (χ0n) is 20.6. The van der Waals surface area contributed by atoms with Gasteiger partial charge in [-0.05, 0) is 83.5 Å². The van der Waals surface area contributed by atoms with Crippen LogP contribution in [0.4, 0.5) is 11.5 Å². The van der Waals surface area contributed by atoms with E-state index in [0.717, 1.165) is 42.7 Å². The summed E-state index contributed by atoms with van der Waals surface area (Å²) in [7, 11) is 0. The van der Waals surface area contributed by atoms with Gasteiger partial charge in [0.25, 0.3) is 0 Å². The first-order valence-electron chi connectivity index (χ1n) is 11.9. The van der Waals surface area contributed by atoms with Crippen LogP contribution in [-0.4, -0.2) is 42.9 Å². The molecule has 1 fully saturated rings. The van der Waals surface area contributed by atoms with Gasteiger partial charge in [-0.1, -0.05) is 24.3 Å². The number of aromatic nitrogens is 2. The highest BCUT2D eigenvalue weighted by Crippen LogP contribution is 2.41. The summed E-state index contributed by atoms with van der Waals surface area (Å²) in [6.07, 6.45) is 4.54. The molecule has 1 aliphatic carbocycles. The monoisotopic (exact) mass is 482 g/mol. The minimum atomic E-state index is -0.740. The van der Waals surface area contributed by atoms with E-state index < -0.39 is 16.3 Å². The van der Waals surface area contributed by atoms with Gasteiger partial charge in [-0.3, -0.25) is 4.79 Å². The largest absolute Gasteiger partial charge is 0.480 e. The zero-order chi connectivity index (χ0) is 24.7. The molecular weight excluding hydrogens is 448 g/mol. The van der Waals surface area contributed by atoms with E-state index in [0.29, 0.717) is 35.0 Å². The topological polar surface area (TPSA) is 111 Å². The van der Waals surface area contributed by atoms with Crippen molar-refractivity contribution in [2.45, 2.75) is 76.6 Å². The normalized spacial score (nSPS) is 21.9. The van der Waals surface area contributed by atoms with Crippen molar-refractivity contribution in [3.63, 3.8) is 0 Å². The number of nitrogen functional groups attached to an aromatic ring is 1. The summed E-state index contributed by atoms with van der Waals surface area (Å²) in [5.74, 6) is 2.61. The highest BCUT2D eigenvalue weighted by Gasteiger charge is 2.36. The molecule has 4 rings (SSSR count). The third-order valence-electron chi connectivity index (χ3n) is 6.83. The fraction of sp³-hybridized carbons (Fsp3) is 0.538. The minimum Gasteiger partial charge on any atom is -0.480 e. The van der Waals surface area contributed by atoms with Crippen molar-refractivity contribution in [1.82, 2.24) is 9.97 Å². The Morgan fingerprint density at radius 3 is 2.44 bits per heavy atom. The van der Waals surface area contributed by atoms with Crippen LogP contribution in [0.15, 0.2) is 29.3 Å². The van der Waals surface area contributed by atoms with Gasteiger partial charge in [0, 0.05) is 5.56 Å². The first-order chi connectivity index (χ1) is 16.0. The molecule has 34 heavy (non-hydrogen) atoms. The van der Waals surface area contributed by atoms with Crippen LogP contribution in [0.3, 0.4) is 0 Å². The van der Waals surface area contributed by atoms with Crippen molar-refractivity contribution < 1.29 is 14.6 Å². The Kier molecular flexibility index (Phi) is 6.64. The molecule has 2 aliphatic rings. The van der Waals surface area contributed by atoms with Gasteiger partial charge in [0.15, 0.2) is 11.5 Å². The molecule has 8 heteroatoms. The zero-order valence-corrected chi connectivity index (χ0v) is 21.4. The first kappa shape index (κ1) is 24.5. The second kappa shape index (κ2) is 9.21. The van der Waals surface area contributed by atoms with Crippen LogP contribution in [0.5, 0.6) is 5.88 Å². The van der Waals surface area contributed by atoms with Gasteiger partial charge in [-0.15, -0.1) is 11.8 Å². The Balaban J connectivity index is 1.44. The van der Waals surface area contributed by atoms with Gasteiger partial charge in [0.05, 0.1) is 5.71 Å². The highest BCUT2D eigenvalue weighted by atomic mass is 32.2. The van der Waals surface area contributed by atoms with E-state index >= 15 is 0 Å². The van der Waals surface area contributed by atoms with Crippen molar-refractivity contribution in [3.8, 4) is 5.88 Å². The highest BCUT2D eigenvalue weighted by molar-refractivity contribution is 8.01. The summed E-state index contributed by atoms with van der Waals surface area (Å²) in [6.45, 7) is 9.34. The molecule has 0 amide bonds. The Morgan fingerprint density at radius 1 is 1.18 bits per heavy atom. The van der Waals surface area contributed by atoms with Crippen molar-refractivity contribution >= 4 is 34.9 Å². The van der Waals surface area contributed by atoms with E-state index in [4.69, 9.17) is 15.5 Å². The van der Waals surface area contributed by atoms with Crippen molar-refractivity contribution in [1.29, 1.82) is 0 Å². The van der Waals surface area contributed by atoms with Crippen LogP contribution in [0, 0.1) is 12.8 Å². The minimum absolute atomic E-state index is 0.328. The number of aliphatic imine (C=N–C) groups is 1. The molecule has 182 valence electrons. The van der Waals surface area contributed by atoms with Gasteiger partial charge >= 0.3 is 5.97 Å². The molecule has 0 saturated heterocycles. The number of nitrogens with zero attached hydrogens (tertiary/aromatic N) is 3. The number of hydrogen-bond donors (Lipinski definition) is 2. The maximum absolute atomic E-state index is 11.4. The molecule has 0 bridgehead atoms. The predicted octanol–water partition coefficient (Wildman–Crippen LogP) is 5.53. The van der Waals surface area contributed by atoms with Crippen LogP contribution in [0.25, 0.3) is 0 Å². The second-order valence-corrected chi connectivity index (χ2v) is 12.0. The van der Waals surface area contributed by atoms with Gasteiger partial charge in [-0.2, -0.15) is 4.98 Å². The van der Waals surface area contributed by atoms with E-state index in [9.17, 15) is 9.90 Å². The number of carboxylic acids is 1. The SMILES string of the molecule is Cc1nc(N)c2c(n1)OC(C)(C)C(c1ccc([C@H]3CC[C@H](CSC(C)(C)C(=O)O)CC3)cc1)=N2. The van der Waals surface area contributed by atoms with Crippen LogP contribution < -0.4 is 10.5 Å². The molecule has 0 unspecified atom stereocenters. The van der Waals surface area contributed by atoms with Gasteiger partial charge < -0.3 is 15.6 Å². The van der Waals surface area contributed by atoms with Crippen LogP contribution in [0.2, 0.25) is 0 Å². The Labute approximate surface area is 205 Å². The number of benzene rings is 1. The molecule has 3 N–H and O–H groups in total. The molecule has 0 atom stereocenters. The summed E-state index contributed by atoms with van der Waals surface area (Å²) in [5, 5.41) is 9.33. The lowest BCUT2D eigenvalue weighted by atomic mass is 9.79. The van der Waals surface area contributed by atoms with Crippen LogP contribution in [-0.2, 0) is 4.79 Å². The fourth-order valence-corrected chi connectivity index (χ4v) is 5.76. The number of hydrogen-bond acceptors (Lipinski definition) is 7. The van der Waals surface area contributed by atoms with E-state index in [1.165, 1.54) is 5.56 Å². The lowest BCUT2D eigenvalue weighted by Gasteiger charge is -2.33. The number of thioether (sulfide) groups is 1. The maximum atomic E-state index is 11.4. The number of fused-ring (bicyclic) bond motifs is 1. The standard InChI is InChI=1S/C26H34N4O3S/c1-15-28-22(27)20-23(29-15)33-25(2,3)21(30-20)19-12-10-18(11-13-19)17-8-6-16(7-9-17)14-34-26(4,5)24(31)32/h10-13,16-17H,6-9,14H2,1-5H3,(H,31,32)(H2,27,28,29)/t16-,17-. The predicted molar refractivity (Wildman–Crippen MR) is 137 cm³/mol. The van der Waals surface area contributed by atoms with Crippen molar-refractivity contribution in [3.05, 3.63) is 41.2 Å². The van der Waals surface area contributed by atoms with Crippen molar-refractivity contribution in [2.75, 3.05) is 11.5 Å². The Hall–Kier alpha value is -2.61. The third-order valence-corrected chi connectivity index (χ3v) is 8.37. The molecule has 0 radical (unpaired) electrons. The molecule has 1 aliphatic heterocycles. The van der Waals surface area contributed by atoms with E-state index in [-0.39, 0.29) is 0 Å². The fourth-order valence-electron chi connectivity index (χ4n) is 4.65. The smallest absolute Gasteiger partial charge is 0.319 e. The average molecular weight is 483 g/mol. The lowest BCUT2D eigenvalue weighted by molar-refractivity contribution is -0.138. The first-order valence-corrected chi connectivity index (χ1v) is 12.8. The van der Waals surface area contributed by atoms with E-state index in [1.807, 2.05) is 13.8 Å². The summed E-state index contributed by atoms with van der Waals surface area (Å²) >= 11 is 1.56. The number of nitrogens with two attached hydrogens (primary N) is 1. The number of aliphatic carboxylic acids is 1. The summed E-state index contributed by atoms with van der Waals surface area (Å²) in [6, 6.07) is 8.64. The molecule has 2 heterocycles. The van der Waals surface area contributed by atoms with Crippen LogP contribution in [0.1, 0.15) is 76.2 Å². The van der Waals surface area contributed by atoms with E-state index in [2.05, 4.69) is 34.2 Å². The third kappa shape index (κ3) is 5.06. The van der Waals surface area contributed by atoms with Gasteiger partial charge in [0.2, 0.25) is 5.88 Å². The van der Waals surface area contributed by atoms with Gasteiger partial charge in [0.1, 0.15) is 16.2 Å². The second-order valence-electron chi connectivity index (χ2n) is 10.3.